The van der Waals surface area contributed by atoms with Crippen LogP contribution in [0.1, 0.15) is 19.4 Å². The van der Waals surface area contributed by atoms with E-state index in [1.807, 2.05) is 19.9 Å². The van der Waals surface area contributed by atoms with Crippen molar-refractivity contribution in [2.45, 2.75) is 26.6 Å². The summed E-state index contributed by atoms with van der Waals surface area (Å²) in [6, 6.07) is 4.74. The van der Waals surface area contributed by atoms with Gasteiger partial charge in [-0.3, -0.25) is 0 Å². The molecule has 1 atom stereocenters. The summed E-state index contributed by atoms with van der Waals surface area (Å²) in [5.41, 5.74) is 0.815. The van der Waals surface area contributed by atoms with Gasteiger partial charge in [-0.1, -0.05) is 15.9 Å². The SMILES string of the molecule is CCOCC(C)OCc1cc(F)cc(Br)c1. The Morgan fingerprint density at radius 1 is 1.38 bits per heavy atom. The predicted octanol–water partition coefficient (Wildman–Crippen LogP) is 3.53. The predicted molar refractivity (Wildman–Crippen MR) is 64.8 cm³/mol. The first kappa shape index (κ1) is 13.6. The molecule has 0 saturated carbocycles. The highest BCUT2D eigenvalue weighted by molar-refractivity contribution is 9.10. The van der Waals surface area contributed by atoms with Gasteiger partial charge in [0.05, 0.1) is 19.3 Å². The van der Waals surface area contributed by atoms with E-state index in [0.29, 0.717) is 19.8 Å². The van der Waals surface area contributed by atoms with Gasteiger partial charge in [0, 0.05) is 11.1 Å². The molecular formula is C12H16BrFO2. The van der Waals surface area contributed by atoms with Crippen molar-refractivity contribution in [2.75, 3.05) is 13.2 Å². The van der Waals surface area contributed by atoms with E-state index >= 15 is 0 Å². The van der Waals surface area contributed by atoms with Crippen LogP contribution < -0.4 is 0 Å². The van der Waals surface area contributed by atoms with Crippen molar-refractivity contribution in [1.29, 1.82) is 0 Å². The molecule has 0 aromatic heterocycles. The molecule has 2 nitrogen and oxygen atoms in total. The van der Waals surface area contributed by atoms with E-state index in [4.69, 9.17) is 9.47 Å². The smallest absolute Gasteiger partial charge is 0.124 e. The Morgan fingerprint density at radius 2 is 2.12 bits per heavy atom. The standard InChI is InChI=1S/C12H16BrFO2/c1-3-15-7-9(2)16-8-10-4-11(13)6-12(14)5-10/h4-6,9H,3,7-8H2,1-2H3. The highest BCUT2D eigenvalue weighted by Crippen LogP contribution is 2.16. The van der Waals surface area contributed by atoms with Crippen LogP contribution >= 0.6 is 15.9 Å². The topological polar surface area (TPSA) is 18.5 Å². The van der Waals surface area contributed by atoms with Crippen molar-refractivity contribution >= 4 is 15.9 Å². The second-order valence-corrected chi connectivity index (χ2v) is 4.47. The zero-order chi connectivity index (χ0) is 12.0. The van der Waals surface area contributed by atoms with Gasteiger partial charge >= 0.3 is 0 Å². The number of rotatable bonds is 6. The molecular weight excluding hydrogens is 275 g/mol. The second kappa shape index (κ2) is 6.99. The monoisotopic (exact) mass is 290 g/mol. The number of hydrogen-bond donors (Lipinski definition) is 0. The molecule has 1 unspecified atom stereocenters. The molecule has 0 saturated heterocycles. The molecule has 0 radical (unpaired) electrons. The summed E-state index contributed by atoms with van der Waals surface area (Å²) < 4.78 is 24.5. The van der Waals surface area contributed by atoms with E-state index in [9.17, 15) is 4.39 Å². The molecule has 0 aliphatic heterocycles. The molecule has 0 heterocycles. The molecule has 0 aliphatic rings. The maximum absolute atomic E-state index is 13.0. The van der Waals surface area contributed by atoms with Gasteiger partial charge in [0.25, 0.3) is 0 Å². The van der Waals surface area contributed by atoms with E-state index in [0.717, 1.165) is 10.0 Å². The zero-order valence-corrected chi connectivity index (χ0v) is 11.1. The molecule has 0 bridgehead atoms. The van der Waals surface area contributed by atoms with Crippen LogP contribution in [0, 0.1) is 5.82 Å². The van der Waals surface area contributed by atoms with E-state index < -0.39 is 0 Å². The van der Waals surface area contributed by atoms with Crippen LogP contribution in [0.3, 0.4) is 0 Å². The fraction of sp³-hybridized carbons (Fsp3) is 0.500. The van der Waals surface area contributed by atoms with Gasteiger partial charge in [0.1, 0.15) is 5.82 Å². The number of halogens is 2. The van der Waals surface area contributed by atoms with E-state index in [1.54, 1.807) is 0 Å². The molecule has 1 aromatic rings. The van der Waals surface area contributed by atoms with Crippen LogP contribution in [0.2, 0.25) is 0 Å². The molecule has 16 heavy (non-hydrogen) atoms. The van der Waals surface area contributed by atoms with Gasteiger partial charge in [-0.15, -0.1) is 0 Å². The molecule has 4 heteroatoms. The minimum Gasteiger partial charge on any atom is -0.379 e. The van der Waals surface area contributed by atoms with Gasteiger partial charge in [-0.25, -0.2) is 4.39 Å². The minimum absolute atomic E-state index is 0.0157. The normalized spacial score (nSPS) is 12.8. The van der Waals surface area contributed by atoms with Crippen LogP contribution in [0.15, 0.2) is 22.7 Å². The van der Waals surface area contributed by atoms with Crippen molar-refractivity contribution in [2.24, 2.45) is 0 Å². The quantitative estimate of drug-likeness (QED) is 0.798. The number of benzene rings is 1. The third kappa shape index (κ3) is 5.05. The zero-order valence-electron chi connectivity index (χ0n) is 9.50. The summed E-state index contributed by atoms with van der Waals surface area (Å²) in [5.74, 6) is -0.259. The fourth-order valence-corrected chi connectivity index (χ4v) is 1.78. The van der Waals surface area contributed by atoms with Gasteiger partial charge in [0.15, 0.2) is 0 Å². The Morgan fingerprint density at radius 3 is 2.75 bits per heavy atom. The van der Waals surface area contributed by atoms with Crippen molar-refractivity contribution in [3.05, 3.63) is 34.1 Å². The van der Waals surface area contributed by atoms with Crippen LogP contribution in [-0.2, 0) is 16.1 Å². The molecule has 0 aliphatic carbocycles. The average Bonchev–Trinajstić information content (AvgIpc) is 2.22. The summed E-state index contributed by atoms with van der Waals surface area (Å²) in [7, 11) is 0. The molecule has 0 N–H and O–H groups in total. The Labute approximate surface area is 104 Å². The van der Waals surface area contributed by atoms with Gasteiger partial charge in [0.2, 0.25) is 0 Å². The summed E-state index contributed by atoms with van der Waals surface area (Å²) in [5, 5.41) is 0. The highest BCUT2D eigenvalue weighted by atomic mass is 79.9. The lowest BCUT2D eigenvalue weighted by atomic mass is 10.2. The molecule has 1 aromatic carbocycles. The summed E-state index contributed by atoms with van der Waals surface area (Å²) in [6.07, 6.45) is 0.0157. The highest BCUT2D eigenvalue weighted by Gasteiger charge is 2.04. The van der Waals surface area contributed by atoms with E-state index in [-0.39, 0.29) is 11.9 Å². The number of ether oxygens (including phenoxy) is 2. The third-order valence-corrected chi connectivity index (χ3v) is 2.47. The molecule has 0 spiro atoms. The minimum atomic E-state index is -0.259. The second-order valence-electron chi connectivity index (χ2n) is 3.56. The van der Waals surface area contributed by atoms with Crippen LogP contribution in [-0.4, -0.2) is 19.3 Å². The number of hydrogen-bond acceptors (Lipinski definition) is 2. The molecule has 0 fully saturated rings. The largest absolute Gasteiger partial charge is 0.379 e. The first-order valence-corrected chi connectivity index (χ1v) is 6.05. The maximum Gasteiger partial charge on any atom is 0.124 e. The first-order chi connectivity index (χ1) is 7.61. The Hall–Kier alpha value is -0.450. The fourth-order valence-electron chi connectivity index (χ4n) is 1.26. The maximum atomic E-state index is 13.0. The van der Waals surface area contributed by atoms with Crippen molar-refractivity contribution < 1.29 is 13.9 Å². The Kier molecular flexibility index (Phi) is 5.95. The van der Waals surface area contributed by atoms with Crippen LogP contribution in [0.4, 0.5) is 4.39 Å². The van der Waals surface area contributed by atoms with E-state index in [1.165, 1.54) is 12.1 Å². The molecule has 1 rings (SSSR count). The average molecular weight is 291 g/mol. The lowest BCUT2D eigenvalue weighted by Gasteiger charge is -2.13. The first-order valence-electron chi connectivity index (χ1n) is 5.26. The lowest BCUT2D eigenvalue weighted by molar-refractivity contribution is -0.0117. The van der Waals surface area contributed by atoms with Gasteiger partial charge in [-0.2, -0.15) is 0 Å². The van der Waals surface area contributed by atoms with Gasteiger partial charge < -0.3 is 9.47 Å². The lowest BCUT2D eigenvalue weighted by Crippen LogP contribution is -2.15. The van der Waals surface area contributed by atoms with E-state index in [2.05, 4.69) is 15.9 Å². The van der Waals surface area contributed by atoms with Crippen LogP contribution in [0.25, 0.3) is 0 Å². The van der Waals surface area contributed by atoms with Crippen molar-refractivity contribution in [1.82, 2.24) is 0 Å². The third-order valence-electron chi connectivity index (χ3n) is 2.01. The Bertz CT molecular complexity index is 311. The van der Waals surface area contributed by atoms with Crippen molar-refractivity contribution in [3.8, 4) is 0 Å². The van der Waals surface area contributed by atoms with Crippen LogP contribution in [0.5, 0.6) is 0 Å². The summed E-state index contributed by atoms with van der Waals surface area (Å²) >= 11 is 3.24. The van der Waals surface area contributed by atoms with Crippen molar-refractivity contribution in [3.63, 3.8) is 0 Å². The molecule has 90 valence electrons. The molecule has 0 amide bonds. The summed E-state index contributed by atoms with van der Waals surface area (Å²) in [4.78, 5) is 0. The van der Waals surface area contributed by atoms with Gasteiger partial charge in [-0.05, 0) is 37.6 Å². The Balaban J connectivity index is 2.41. The summed E-state index contributed by atoms with van der Waals surface area (Å²) in [6.45, 7) is 5.51.